The number of rotatable bonds is 5. The summed E-state index contributed by atoms with van der Waals surface area (Å²) in [5, 5.41) is 4.33. The zero-order valence-electron chi connectivity index (χ0n) is 12.6. The molecule has 0 bridgehead atoms. The predicted octanol–water partition coefficient (Wildman–Crippen LogP) is 2.80. The van der Waals surface area contributed by atoms with Gasteiger partial charge in [-0.3, -0.25) is 0 Å². The second-order valence-corrected chi connectivity index (χ2v) is 9.38. The highest BCUT2D eigenvalue weighted by Crippen LogP contribution is 2.29. The number of aromatic nitrogens is 1. The van der Waals surface area contributed by atoms with Crippen molar-refractivity contribution in [2.75, 3.05) is 12.3 Å². The van der Waals surface area contributed by atoms with Gasteiger partial charge in [-0.1, -0.05) is 13.8 Å². The van der Waals surface area contributed by atoms with E-state index in [0.717, 1.165) is 23.5 Å². The fraction of sp³-hybridized carbons (Fsp3) is 0.786. The largest absolute Gasteiger partial charge is 0.308 e. The summed E-state index contributed by atoms with van der Waals surface area (Å²) in [5.74, 6) is 0.792. The topological polar surface area (TPSA) is 59.1 Å². The highest BCUT2D eigenvalue weighted by Gasteiger charge is 2.31. The van der Waals surface area contributed by atoms with Crippen LogP contribution in [-0.2, 0) is 9.84 Å². The van der Waals surface area contributed by atoms with Gasteiger partial charge in [-0.05, 0) is 26.7 Å². The molecule has 0 spiro atoms. The van der Waals surface area contributed by atoms with Crippen molar-refractivity contribution in [3.8, 4) is 0 Å². The highest BCUT2D eigenvalue weighted by molar-refractivity contribution is 7.92. The van der Waals surface area contributed by atoms with Crippen molar-refractivity contribution >= 4 is 21.2 Å². The molecule has 6 heteroatoms. The average Bonchev–Trinajstić information content (AvgIpc) is 2.89. The molecule has 2 rings (SSSR count). The van der Waals surface area contributed by atoms with Crippen molar-refractivity contribution in [1.82, 2.24) is 10.3 Å². The Labute approximate surface area is 125 Å². The molecule has 20 heavy (non-hydrogen) atoms. The summed E-state index contributed by atoms with van der Waals surface area (Å²) in [6.07, 6.45) is 1.60. The summed E-state index contributed by atoms with van der Waals surface area (Å²) in [7, 11) is -2.86. The Kier molecular flexibility index (Phi) is 4.87. The summed E-state index contributed by atoms with van der Waals surface area (Å²) in [6.45, 7) is 8.96. The summed E-state index contributed by atoms with van der Waals surface area (Å²) in [5.41, 5.74) is 1.06. The molecule has 2 heterocycles. The van der Waals surface area contributed by atoms with Gasteiger partial charge < -0.3 is 5.32 Å². The molecular formula is C14H24N2O2S2. The van der Waals surface area contributed by atoms with Crippen molar-refractivity contribution in [1.29, 1.82) is 0 Å². The molecule has 0 saturated carbocycles. The summed E-state index contributed by atoms with van der Waals surface area (Å²) in [6, 6.07) is 0.163. The molecule has 1 saturated heterocycles. The minimum atomic E-state index is -2.86. The van der Waals surface area contributed by atoms with Crippen LogP contribution in [0.1, 0.15) is 61.2 Å². The van der Waals surface area contributed by atoms with E-state index in [1.165, 1.54) is 4.88 Å². The monoisotopic (exact) mass is 316 g/mol. The van der Waals surface area contributed by atoms with Gasteiger partial charge in [-0.2, -0.15) is 0 Å². The maximum atomic E-state index is 11.8. The van der Waals surface area contributed by atoms with Crippen LogP contribution >= 0.6 is 11.3 Å². The van der Waals surface area contributed by atoms with Gasteiger partial charge in [0.2, 0.25) is 0 Å². The van der Waals surface area contributed by atoms with Gasteiger partial charge in [-0.15, -0.1) is 11.3 Å². The first-order chi connectivity index (χ1) is 9.31. The first-order valence-electron chi connectivity index (χ1n) is 7.23. The lowest BCUT2D eigenvalue weighted by atomic mass is 10.2. The van der Waals surface area contributed by atoms with Gasteiger partial charge in [0.25, 0.3) is 0 Å². The number of nitrogens with one attached hydrogen (secondary N) is 1. The molecule has 1 aromatic heterocycles. The molecule has 2 atom stereocenters. The number of hydrogen-bond acceptors (Lipinski definition) is 5. The molecule has 0 aliphatic carbocycles. The van der Waals surface area contributed by atoms with Gasteiger partial charge in [0.05, 0.1) is 21.7 Å². The lowest BCUT2D eigenvalue weighted by Crippen LogP contribution is -2.32. The second-order valence-electron chi connectivity index (χ2n) is 5.92. The minimum Gasteiger partial charge on any atom is -0.308 e. The fourth-order valence-electron chi connectivity index (χ4n) is 2.57. The Morgan fingerprint density at radius 3 is 2.60 bits per heavy atom. The van der Waals surface area contributed by atoms with E-state index < -0.39 is 9.84 Å². The van der Waals surface area contributed by atoms with Crippen molar-refractivity contribution in [3.05, 3.63) is 15.6 Å². The summed E-state index contributed by atoms with van der Waals surface area (Å²) in [4.78, 5) is 5.83. The molecule has 114 valence electrons. The lowest BCUT2D eigenvalue weighted by Gasteiger charge is -2.16. The van der Waals surface area contributed by atoms with E-state index in [-0.39, 0.29) is 11.3 Å². The average molecular weight is 316 g/mol. The number of sulfone groups is 1. The summed E-state index contributed by atoms with van der Waals surface area (Å²) < 4.78 is 23.6. The Bertz CT molecular complexity index is 564. The fourth-order valence-corrected chi connectivity index (χ4v) is 5.44. The third-order valence-electron chi connectivity index (χ3n) is 3.85. The molecule has 1 aromatic rings. The van der Waals surface area contributed by atoms with Crippen molar-refractivity contribution in [2.24, 2.45) is 0 Å². The van der Waals surface area contributed by atoms with Crippen LogP contribution in [0.3, 0.4) is 0 Å². The van der Waals surface area contributed by atoms with E-state index in [2.05, 4.69) is 31.1 Å². The molecule has 1 fully saturated rings. The lowest BCUT2D eigenvalue weighted by molar-refractivity contribution is 0.541. The number of hydrogen-bond donors (Lipinski definition) is 1. The molecule has 0 radical (unpaired) electrons. The van der Waals surface area contributed by atoms with Crippen LogP contribution in [0.15, 0.2) is 0 Å². The summed E-state index contributed by atoms with van der Waals surface area (Å²) >= 11 is 1.74. The number of thiazole rings is 1. The smallest absolute Gasteiger partial charge is 0.154 e. The molecular weight excluding hydrogens is 292 g/mol. The van der Waals surface area contributed by atoms with Crippen molar-refractivity contribution in [2.45, 2.75) is 57.7 Å². The predicted molar refractivity (Wildman–Crippen MR) is 84.2 cm³/mol. The van der Waals surface area contributed by atoms with Crippen LogP contribution in [0.25, 0.3) is 0 Å². The molecule has 1 aliphatic rings. The molecule has 1 aliphatic heterocycles. The molecule has 0 amide bonds. The maximum Gasteiger partial charge on any atom is 0.154 e. The van der Waals surface area contributed by atoms with Crippen LogP contribution in [0.5, 0.6) is 0 Å². The third-order valence-corrected chi connectivity index (χ3v) is 7.77. The van der Waals surface area contributed by atoms with Crippen LogP contribution in [0.2, 0.25) is 0 Å². The maximum absolute atomic E-state index is 11.8. The highest BCUT2D eigenvalue weighted by atomic mass is 32.2. The standard InChI is InChI=1S/C14H24N2O2S2/c1-9(2)14-16-11(4)13(19-14)10(3)15-8-12-6-5-7-20(12,17)18/h9-10,12,15H,5-8H2,1-4H3. The van der Waals surface area contributed by atoms with E-state index in [0.29, 0.717) is 18.2 Å². The first kappa shape index (κ1) is 15.9. The van der Waals surface area contributed by atoms with Crippen LogP contribution in [0, 0.1) is 6.92 Å². The molecule has 2 unspecified atom stereocenters. The van der Waals surface area contributed by atoms with Gasteiger partial charge in [-0.25, -0.2) is 13.4 Å². The van der Waals surface area contributed by atoms with E-state index in [4.69, 9.17) is 0 Å². The quantitative estimate of drug-likeness (QED) is 0.907. The molecule has 1 N–H and O–H groups in total. The van der Waals surface area contributed by atoms with Gasteiger partial charge in [0.15, 0.2) is 9.84 Å². The second kappa shape index (κ2) is 6.12. The molecule has 4 nitrogen and oxygen atoms in total. The zero-order valence-corrected chi connectivity index (χ0v) is 14.3. The zero-order chi connectivity index (χ0) is 14.9. The van der Waals surface area contributed by atoms with Crippen LogP contribution in [0.4, 0.5) is 0 Å². The van der Waals surface area contributed by atoms with E-state index >= 15 is 0 Å². The first-order valence-corrected chi connectivity index (χ1v) is 9.76. The van der Waals surface area contributed by atoms with Gasteiger partial charge >= 0.3 is 0 Å². The number of aryl methyl sites for hydroxylation is 1. The Morgan fingerprint density at radius 2 is 2.10 bits per heavy atom. The third kappa shape index (κ3) is 3.40. The minimum absolute atomic E-state index is 0.163. The van der Waals surface area contributed by atoms with E-state index in [1.54, 1.807) is 11.3 Å². The normalized spacial score (nSPS) is 23.4. The SMILES string of the molecule is Cc1nc(C(C)C)sc1C(C)NCC1CCCS1(=O)=O. The van der Waals surface area contributed by atoms with Gasteiger partial charge in [0, 0.05) is 23.4 Å². The Morgan fingerprint density at radius 1 is 1.40 bits per heavy atom. The van der Waals surface area contributed by atoms with Gasteiger partial charge in [0.1, 0.15) is 0 Å². The van der Waals surface area contributed by atoms with Crippen molar-refractivity contribution < 1.29 is 8.42 Å². The van der Waals surface area contributed by atoms with Crippen LogP contribution in [-0.4, -0.2) is 30.9 Å². The molecule has 0 aromatic carbocycles. The van der Waals surface area contributed by atoms with E-state index in [9.17, 15) is 8.42 Å². The van der Waals surface area contributed by atoms with E-state index in [1.807, 2.05) is 6.92 Å². The Balaban J connectivity index is 2.00. The Hall–Kier alpha value is -0.460. The number of nitrogens with zero attached hydrogens (tertiary/aromatic N) is 1. The van der Waals surface area contributed by atoms with Crippen molar-refractivity contribution in [3.63, 3.8) is 0 Å². The van der Waals surface area contributed by atoms with Crippen LogP contribution < -0.4 is 5.32 Å².